The third kappa shape index (κ3) is 5.31. The first-order chi connectivity index (χ1) is 30.7. The minimum atomic E-state index is 0.672. The van der Waals surface area contributed by atoms with Crippen molar-refractivity contribution < 1.29 is 0 Å². The molecule has 290 valence electrons. The topological polar surface area (TPSA) is 48.5 Å². The summed E-state index contributed by atoms with van der Waals surface area (Å²) >= 11 is 0. The summed E-state index contributed by atoms with van der Waals surface area (Å²) in [5.41, 5.74) is 17.2. The molecular weight excluding hydrogens is 755 g/mol. The predicted octanol–water partition coefficient (Wildman–Crippen LogP) is 13.7. The molecule has 0 radical (unpaired) electrons. The van der Waals surface area contributed by atoms with Gasteiger partial charge in [-0.25, -0.2) is 9.97 Å². The fourth-order valence-corrected chi connectivity index (χ4v) is 10.1. The van der Waals surface area contributed by atoms with E-state index < -0.39 is 0 Å². The lowest BCUT2D eigenvalue weighted by Gasteiger charge is -2.24. The van der Waals surface area contributed by atoms with Gasteiger partial charge in [-0.1, -0.05) is 140 Å². The Morgan fingerprint density at radius 3 is 1.50 bits per heavy atom. The average molecular weight is 792 g/mol. The van der Waals surface area contributed by atoms with Gasteiger partial charge in [0.25, 0.3) is 0 Å². The highest BCUT2D eigenvalue weighted by Crippen LogP contribution is 2.48. The summed E-state index contributed by atoms with van der Waals surface area (Å²) in [5, 5.41) is 7.80. The molecule has 0 amide bonds. The Labute approximate surface area is 357 Å². The van der Waals surface area contributed by atoms with Crippen molar-refractivity contribution in [2.75, 3.05) is 0 Å². The van der Waals surface area contributed by atoms with E-state index in [9.17, 15) is 0 Å². The highest BCUT2D eigenvalue weighted by atomic mass is 15.0. The van der Waals surface area contributed by atoms with Crippen molar-refractivity contribution >= 4 is 54.4 Å². The van der Waals surface area contributed by atoms with Gasteiger partial charge in [-0.05, 0) is 100 Å². The molecule has 1 aliphatic rings. The molecule has 0 fully saturated rings. The van der Waals surface area contributed by atoms with E-state index in [1.54, 1.807) is 0 Å². The number of rotatable bonds is 5. The molecule has 0 aliphatic heterocycles. The van der Waals surface area contributed by atoms with Crippen molar-refractivity contribution in [1.29, 1.82) is 0 Å². The van der Waals surface area contributed by atoms with Crippen LogP contribution in [0.4, 0.5) is 0 Å². The summed E-state index contributed by atoms with van der Waals surface area (Å²) < 4.78 is 5.03. The van der Waals surface area contributed by atoms with Crippen LogP contribution in [0.25, 0.3) is 99.8 Å². The van der Waals surface area contributed by atoms with E-state index in [0.29, 0.717) is 5.82 Å². The predicted molar refractivity (Wildman–Crippen MR) is 254 cm³/mol. The molecule has 0 atom stereocenters. The van der Waals surface area contributed by atoms with E-state index in [4.69, 9.17) is 9.97 Å². The summed E-state index contributed by atoms with van der Waals surface area (Å²) in [6.45, 7) is 0. The standard InChI is InChI=1S/C57H37N5/c1-3-15-37(16-4-1)57-59-49(35-50(60-57)48-23-13-14-30-58-48)36-26-28-43(29-27-36)62-52-25-12-10-22-45(52)54-47-34-41-32-39-18-8-7-17-38(39)31-40(41)33-46(47)53-44-21-9-11-24-51(44)61(55(53)56(54)62)42-19-5-2-6-20-42/h1-32,35H,33-34H2. The van der Waals surface area contributed by atoms with Crippen LogP contribution in [-0.2, 0) is 12.8 Å². The number of para-hydroxylation sites is 3. The van der Waals surface area contributed by atoms with Gasteiger partial charge in [0.05, 0.1) is 39.1 Å². The van der Waals surface area contributed by atoms with Gasteiger partial charge in [0, 0.05) is 50.2 Å². The molecule has 0 N–H and O–H groups in total. The van der Waals surface area contributed by atoms with E-state index in [1.165, 1.54) is 76.6 Å². The third-order valence-corrected chi connectivity index (χ3v) is 12.9. The molecule has 4 aromatic heterocycles. The number of fused-ring (bicyclic) bond motifs is 12. The Balaban J connectivity index is 1.09. The van der Waals surface area contributed by atoms with Crippen LogP contribution in [0, 0.1) is 0 Å². The van der Waals surface area contributed by atoms with Crippen molar-refractivity contribution in [3.63, 3.8) is 0 Å². The quantitative estimate of drug-likeness (QED) is 0.174. The normalized spacial score (nSPS) is 12.4. The molecule has 5 heteroatoms. The van der Waals surface area contributed by atoms with E-state index in [1.807, 2.05) is 42.6 Å². The zero-order valence-corrected chi connectivity index (χ0v) is 33.7. The minimum absolute atomic E-state index is 0.672. The molecule has 62 heavy (non-hydrogen) atoms. The largest absolute Gasteiger partial charge is 0.307 e. The highest BCUT2D eigenvalue weighted by Gasteiger charge is 2.30. The van der Waals surface area contributed by atoms with Crippen LogP contribution >= 0.6 is 0 Å². The van der Waals surface area contributed by atoms with Gasteiger partial charge < -0.3 is 9.13 Å². The second-order valence-corrected chi connectivity index (χ2v) is 16.4. The van der Waals surface area contributed by atoms with Gasteiger partial charge in [0.1, 0.15) is 0 Å². The Hall–Kier alpha value is -8.15. The zero-order valence-electron chi connectivity index (χ0n) is 33.7. The van der Waals surface area contributed by atoms with Gasteiger partial charge in [0.15, 0.2) is 5.82 Å². The fourth-order valence-electron chi connectivity index (χ4n) is 10.1. The first kappa shape index (κ1) is 34.7. The number of benzene rings is 8. The Morgan fingerprint density at radius 2 is 0.903 bits per heavy atom. The van der Waals surface area contributed by atoms with Gasteiger partial charge in [0.2, 0.25) is 0 Å². The van der Waals surface area contributed by atoms with Gasteiger partial charge in [-0.2, -0.15) is 0 Å². The van der Waals surface area contributed by atoms with Gasteiger partial charge in [-0.3, -0.25) is 4.98 Å². The Kier molecular flexibility index (Phi) is 7.66. The maximum Gasteiger partial charge on any atom is 0.160 e. The molecule has 13 rings (SSSR count). The molecule has 12 aromatic rings. The maximum atomic E-state index is 5.14. The zero-order chi connectivity index (χ0) is 40.7. The molecular formula is C57H37N5. The van der Waals surface area contributed by atoms with Crippen LogP contribution in [0.3, 0.4) is 0 Å². The van der Waals surface area contributed by atoms with Crippen molar-refractivity contribution in [2.45, 2.75) is 12.8 Å². The van der Waals surface area contributed by atoms with Crippen LogP contribution in [0.15, 0.2) is 200 Å². The van der Waals surface area contributed by atoms with E-state index in [0.717, 1.165) is 52.4 Å². The summed E-state index contributed by atoms with van der Waals surface area (Å²) in [6, 6.07) is 69.6. The lowest BCUT2D eigenvalue weighted by atomic mass is 9.80. The van der Waals surface area contributed by atoms with Gasteiger partial charge in [-0.15, -0.1) is 0 Å². The summed E-state index contributed by atoms with van der Waals surface area (Å²) in [5.74, 6) is 0.672. The smallest absolute Gasteiger partial charge is 0.160 e. The SMILES string of the molecule is c1ccc(-c2nc(-c3ccc(-n4c5ccccc5c5c6c(c7c8ccccc8n(-c8ccccc8)c7c54)Cc4cc5ccccc5cc4C6)cc3)cc(-c3ccccn3)n2)cc1. The fraction of sp³-hybridized carbons (Fsp3) is 0.0351. The first-order valence-electron chi connectivity index (χ1n) is 21.3. The molecule has 0 bridgehead atoms. The summed E-state index contributed by atoms with van der Waals surface area (Å²) in [7, 11) is 0. The monoisotopic (exact) mass is 791 g/mol. The van der Waals surface area contributed by atoms with Crippen molar-refractivity contribution in [1.82, 2.24) is 24.1 Å². The average Bonchev–Trinajstić information content (AvgIpc) is 3.88. The van der Waals surface area contributed by atoms with Crippen molar-refractivity contribution in [2.24, 2.45) is 0 Å². The molecule has 8 aromatic carbocycles. The van der Waals surface area contributed by atoms with Crippen molar-refractivity contribution in [3.05, 3.63) is 223 Å². The molecule has 0 unspecified atom stereocenters. The minimum Gasteiger partial charge on any atom is -0.307 e. The number of pyridine rings is 1. The van der Waals surface area contributed by atoms with Crippen LogP contribution in [0.5, 0.6) is 0 Å². The summed E-state index contributed by atoms with van der Waals surface area (Å²) in [4.78, 5) is 14.8. The Bertz CT molecular complexity index is 3660. The molecule has 0 spiro atoms. The van der Waals surface area contributed by atoms with E-state index in [2.05, 4.69) is 172 Å². The lowest BCUT2D eigenvalue weighted by molar-refractivity contribution is 1.03. The molecule has 5 nitrogen and oxygen atoms in total. The van der Waals surface area contributed by atoms with E-state index in [-0.39, 0.29) is 0 Å². The first-order valence-corrected chi connectivity index (χ1v) is 21.3. The number of aromatic nitrogens is 5. The third-order valence-electron chi connectivity index (χ3n) is 12.9. The maximum absolute atomic E-state index is 5.14. The highest BCUT2D eigenvalue weighted by molar-refractivity contribution is 6.26. The second kappa shape index (κ2) is 13.7. The van der Waals surface area contributed by atoms with Crippen LogP contribution < -0.4 is 0 Å². The molecule has 1 aliphatic carbocycles. The van der Waals surface area contributed by atoms with Crippen molar-refractivity contribution in [3.8, 4) is 45.4 Å². The van der Waals surface area contributed by atoms with Crippen LogP contribution in [-0.4, -0.2) is 24.1 Å². The van der Waals surface area contributed by atoms with Crippen LogP contribution in [0.2, 0.25) is 0 Å². The Morgan fingerprint density at radius 1 is 0.387 bits per heavy atom. The second-order valence-electron chi connectivity index (χ2n) is 16.4. The number of hydrogen-bond acceptors (Lipinski definition) is 3. The number of nitrogens with zero attached hydrogens (tertiary/aromatic N) is 5. The lowest BCUT2D eigenvalue weighted by Crippen LogP contribution is -2.10. The van der Waals surface area contributed by atoms with Crippen LogP contribution in [0.1, 0.15) is 22.3 Å². The molecule has 4 heterocycles. The van der Waals surface area contributed by atoms with Gasteiger partial charge >= 0.3 is 0 Å². The number of hydrogen-bond donors (Lipinski definition) is 0. The molecule has 0 saturated carbocycles. The van der Waals surface area contributed by atoms with E-state index >= 15 is 0 Å². The summed E-state index contributed by atoms with van der Waals surface area (Å²) in [6.07, 6.45) is 3.56. The molecule has 0 saturated heterocycles.